The quantitative estimate of drug-likeness (QED) is 0.837. The Balaban J connectivity index is 1.74. The molecule has 0 aliphatic carbocycles. The predicted octanol–water partition coefficient (Wildman–Crippen LogP) is 2.01. The average Bonchev–Trinajstić information content (AvgIpc) is 2.90. The van der Waals surface area contributed by atoms with E-state index in [2.05, 4.69) is 10.6 Å². The summed E-state index contributed by atoms with van der Waals surface area (Å²) in [6.07, 6.45) is 1.90. The number of carbonyl (C=O) groups is 1. The summed E-state index contributed by atoms with van der Waals surface area (Å²) in [5, 5.41) is 5.84. The van der Waals surface area contributed by atoms with Crippen LogP contribution in [-0.2, 0) is 17.8 Å². The lowest BCUT2D eigenvalue weighted by molar-refractivity contribution is -0.119. The highest BCUT2D eigenvalue weighted by atomic mass is 32.1. The summed E-state index contributed by atoms with van der Waals surface area (Å²) >= 11 is 5.03. The number of hydrogen-bond acceptors (Lipinski definition) is 3. The number of amides is 1. The Bertz CT molecular complexity index is 538. The molecule has 0 fully saturated rings. The summed E-state index contributed by atoms with van der Waals surface area (Å²) in [5.41, 5.74) is 0.953. The van der Waals surface area contributed by atoms with Gasteiger partial charge in [-0.05, 0) is 29.9 Å². The lowest BCUT2D eigenvalue weighted by Gasteiger charge is -2.08. The van der Waals surface area contributed by atoms with Gasteiger partial charge in [-0.25, -0.2) is 0 Å². The standard InChI is InChI=1S/C14H14N2O2S/c17-13(9-11-5-2-1-3-6-11)16-14(19)15-10-12-7-4-8-18-12/h1-8H,9-10H2,(H2,15,16,17,19). The number of rotatable bonds is 4. The van der Waals surface area contributed by atoms with E-state index in [0.29, 0.717) is 18.1 Å². The molecular formula is C14H14N2O2S. The maximum Gasteiger partial charge on any atom is 0.230 e. The third-order valence-electron chi connectivity index (χ3n) is 2.46. The minimum absolute atomic E-state index is 0.136. The molecule has 0 spiro atoms. The van der Waals surface area contributed by atoms with E-state index in [1.807, 2.05) is 36.4 Å². The summed E-state index contributed by atoms with van der Waals surface area (Å²) in [6.45, 7) is 0.456. The average molecular weight is 274 g/mol. The Hall–Kier alpha value is -2.14. The number of furan rings is 1. The highest BCUT2D eigenvalue weighted by Crippen LogP contribution is 2.00. The van der Waals surface area contributed by atoms with E-state index in [1.165, 1.54) is 0 Å². The molecule has 0 saturated carbocycles. The van der Waals surface area contributed by atoms with E-state index >= 15 is 0 Å². The molecule has 1 aromatic carbocycles. The summed E-state index contributed by atoms with van der Waals surface area (Å²) < 4.78 is 5.15. The first-order chi connectivity index (χ1) is 9.24. The van der Waals surface area contributed by atoms with Crippen molar-refractivity contribution >= 4 is 23.2 Å². The van der Waals surface area contributed by atoms with Gasteiger partial charge in [0.05, 0.1) is 19.2 Å². The molecule has 0 radical (unpaired) electrons. The van der Waals surface area contributed by atoms with E-state index in [4.69, 9.17) is 16.6 Å². The fraction of sp³-hybridized carbons (Fsp3) is 0.143. The summed E-state index contributed by atoms with van der Waals surface area (Å²) in [5.74, 6) is 0.628. The van der Waals surface area contributed by atoms with Crippen LogP contribution in [0.5, 0.6) is 0 Å². The molecule has 2 rings (SSSR count). The summed E-state index contributed by atoms with van der Waals surface area (Å²) in [4.78, 5) is 11.7. The number of hydrogen-bond donors (Lipinski definition) is 2. The van der Waals surface area contributed by atoms with Crippen LogP contribution in [-0.4, -0.2) is 11.0 Å². The van der Waals surface area contributed by atoms with Crippen LogP contribution in [0, 0.1) is 0 Å². The zero-order valence-corrected chi connectivity index (χ0v) is 11.1. The van der Waals surface area contributed by atoms with Crippen LogP contribution >= 0.6 is 12.2 Å². The van der Waals surface area contributed by atoms with E-state index in [9.17, 15) is 4.79 Å². The van der Waals surface area contributed by atoms with Crippen LogP contribution in [0.4, 0.5) is 0 Å². The Labute approximate surface area is 116 Å². The van der Waals surface area contributed by atoms with E-state index in [-0.39, 0.29) is 5.91 Å². The molecule has 19 heavy (non-hydrogen) atoms. The smallest absolute Gasteiger partial charge is 0.230 e. The lowest BCUT2D eigenvalue weighted by Crippen LogP contribution is -2.39. The van der Waals surface area contributed by atoms with E-state index < -0.39 is 0 Å². The summed E-state index contributed by atoms with van der Waals surface area (Å²) in [7, 11) is 0. The zero-order chi connectivity index (χ0) is 13.5. The second kappa shape index (κ2) is 6.70. The van der Waals surface area contributed by atoms with Crippen molar-refractivity contribution in [2.24, 2.45) is 0 Å². The van der Waals surface area contributed by atoms with Gasteiger partial charge < -0.3 is 15.1 Å². The molecule has 1 heterocycles. The van der Waals surface area contributed by atoms with Gasteiger partial charge in [0, 0.05) is 0 Å². The molecule has 5 heteroatoms. The van der Waals surface area contributed by atoms with Crippen molar-refractivity contribution in [3.8, 4) is 0 Å². The molecule has 0 saturated heterocycles. The third-order valence-corrected chi connectivity index (χ3v) is 2.71. The summed E-state index contributed by atoms with van der Waals surface area (Å²) in [6, 6.07) is 13.1. The zero-order valence-electron chi connectivity index (χ0n) is 10.3. The molecule has 0 aliphatic heterocycles. The number of nitrogens with one attached hydrogen (secondary N) is 2. The predicted molar refractivity (Wildman–Crippen MR) is 76.4 cm³/mol. The van der Waals surface area contributed by atoms with Crippen LogP contribution < -0.4 is 10.6 Å². The first-order valence-corrected chi connectivity index (χ1v) is 6.29. The molecule has 0 aliphatic rings. The van der Waals surface area contributed by atoms with Gasteiger partial charge in [-0.2, -0.15) is 0 Å². The van der Waals surface area contributed by atoms with Gasteiger partial charge in [0.15, 0.2) is 5.11 Å². The van der Waals surface area contributed by atoms with Crippen molar-refractivity contribution in [1.29, 1.82) is 0 Å². The van der Waals surface area contributed by atoms with Crippen LogP contribution in [0.2, 0.25) is 0 Å². The third kappa shape index (κ3) is 4.56. The van der Waals surface area contributed by atoms with Gasteiger partial charge >= 0.3 is 0 Å². The van der Waals surface area contributed by atoms with Gasteiger partial charge in [0.25, 0.3) is 0 Å². The Morgan fingerprint density at radius 1 is 1.16 bits per heavy atom. The highest BCUT2D eigenvalue weighted by Gasteiger charge is 2.05. The molecule has 2 aromatic rings. The van der Waals surface area contributed by atoms with Crippen molar-refractivity contribution in [2.45, 2.75) is 13.0 Å². The molecule has 0 unspecified atom stereocenters. The molecule has 0 bridgehead atoms. The normalized spacial score (nSPS) is 9.89. The molecule has 98 valence electrons. The second-order valence-electron chi connectivity index (χ2n) is 3.97. The van der Waals surface area contributed by atoms with Gasteiger partial charge in [0.2, 0.25) is 5.91 Å². The van der Waals surface area contributed by atoms with Crippen molar-refractivity contribution < 1.29 is 9.21 Å². The van der Waals surface area contributed by atoms with Crippen molar-refractivity contribution in [3.63, 3.8) is 0 Å². The fourth-order valence-electron chi connectivity index (χ4n) is 1.58. The maximum atomic E-state index is 11.7. The lowest BCUT2D eigenvalue weighted by atomic mass is 10.1. The number of carbonyl (C=O) groups excluding carboxylic acids is 1. The van der Waals surface area contributed by atoms with Gasteiger partial charge in [0.1, 0.15) is 5.76 Å². The second-order valence-corrected chi connectivity index (χ2v) is 4.38. The Morgan fingerprint density at radius 2 is 1.95 bits per heavy atom. The first-order valence-electron chi connectivity index (χ1n) is 5.88. The van der Waals surface area contributed by atoms with Crippen molar-refractivity contribution in [1.82, 2.24) is 10.6 Å². The SMILES string of the molecule is O=C(Cc1ccccc1)NC(=S)NCc1ccco1. The van der Waals surface area contributed by atoms with Gasteiger partial charge in [-0.1, -0.05) is 30.3 Å². The molecular weight excluding hydrogens is 260 g/mol. The van der Waals surface area contributed by atoms with E-state index in [1.54, 1.807) is 12.3 Å². The van der Waals surface area contributed by atoms with Crippen LogP contribution in [0.1, 0.15) is 11.3 Å². The van der Waals surface area contributed by atoms with Gasteiger partial charge in [-0.15, -0.1) is 0 Å². The van der Waals surface area contributed by atoms with Crippen LogP contribution in [0.25, 0.3) is 0 Å². The van der Waals surface area contributed by atoms with Crippen molar-refractivity contribution in [2.75, 3.05) is 0 Å². The minimum Gasteiger partial charge on any atom is -0.467 e. The molecule has 0 atom stereocenters. The van der Waals surface area contributed by atoms with Crippen LogP contribution in [0.3, 0.4) is 0 Å². The Kier molecular flexibility index (Phi) is 4.69. The van der Waals surface area contributed by atoms with Crippen molar-refractivity contribution in [3.05, 3.63) is 60.1 Å². The first kappa shape index (κ1) is 13.3. The molecule has 2 N–H and O–H groups in total. The fourth-order valence-corrected chi connectivity index (χ4v) is 1.76. The molecule has 1 amide bonds. The monoisotopic (exact) mass is 274 g/mol. The minimum atomic E-state index is -0.136. The number of benzene rings is 1. The molecule has 4 nitrogen and oxygen atoms in total. The Morgan fingerprint density at radius 3 is 2.63 bits per heavy atom. The largest absolute Gasteiger partial charge is 0.467 e. The van der Waals surface area contributed by atoms with E-state index in [0.717, 1.165) is 11.3 Å². The maximum absolute atomic E-state index is 11.7. The van der Waals surface area contributed by atoms with Crippen LogP contribution in [0.15, 0.2) is 53.1 Å². The highest BCUT2D eigenvalue weighted by molar-refractivity contribution is 7.80. The van der Waals surface area contributed by atoms with Gasteiger partial charge in [-0.3, -0.25) is 4.79 Å². The molecule has 1 aromatic heterocycles. The number of thiocarbonyl (C=S) groups is 1. The topological polar surface area (TPSA) is 54.3 Å².